The second-order valence-corrected chi connectivity index (χ2v) is 6.94. The molecule has 0 spiro atoms. The van der Waals surface area contributed by atoms with Crippen molar-refractivity contribution < 1.29 is 22.8 Å². The van der Waals surface area contributed by atoms with Gasteiger partial charge in [0.2, 0.25) is 5.91 Å². The minimum Gasteiger partial charge on any atom is -0.339 e. The first kappa shape index (κ1) is 19.6. The molecular weight excluding hydrogens is 357 g/mol. The lowest BCUT2D eigenvalue weighted by Crippen LogP contribution is -2.53. The lowest BCUT2D eigenvalue weighted by atomic mass is 9.94. The zero-order chi connectivity index (χ0) is 18.8. The Morgan fingerprint density at radius 3 is 1.92 bits per heavy atom. The summed E-state index contributed by atoms with van der Waals surface area (Å²) >= 11 is 5.82. The van der Waals surface area contributed by atoms with Crippen molar-refractivity contribution >= 4 is 23.4 Å². The van der Waals surface area contributed by atoms with Gasteiger partial charge in [-0.25, -0.2) is 0 Å². The summed E-state index contributed by atoms with van der Waals surface area (Å²) in [6.45, 7) is 4.97. The number of benzene rings is 1. The molecule has 1 saturated heterocycles. The maximum Gasteiger partial charge on any atom is 0.416 e. The Bertz CT molecular complexity index is 636. The van der Waals surface area contributed by atoms with Gasteiger partial charge in [0.05, 0.1) is 11.0 Å². The molecule has 0 aromatic heterocycles. The van der Waals surface area contributed by atoms with Crippen molar-refractivity contribution in [2.45, 2.75) is 20.0 Å². The highest BCUT2D eigenvalue weighted by Crippen LogP contribution is 2.29. The Morgan fingerprint density at radius 1 is 1.00 bits per heavy atom. The van der Waals surface area contributed by atoms with Gasteiger partial charge in [-0.15, -0.1) is 11.6 Å². The number of amides is 2. The average Bonchev–Trinajstić information content (AvgIpc) is 2.60. The first-order valence-electron chi connectivity index (χ1n) is 7.88. The zero-order valence-corrected chi connectivity index (χ0v) is 14.8. The molecule has 4 nitrogen and oxygen atoms in total. The fourth-order valence-corrected chi connectivity index (χ4v) is 2.70. The number of nitrogens with zero attached hydrogens (tertiary/aromatic N) is 2. The molecule has 2 rings (SSSR count). The lowest BCUT2D eigenvalue weighted by Gasteiger charge is -2.38. The lowest BCUT2D eigenvalue weighted by molar-refractivity contribution is -0.140. The van der Waals surface area contributed by atoms with Crippen molar-refractivity contribution in [2.24, 2.45) is 5.41 Å². The molecular formula is C17H20ClF3N2O2. The molecule has 0 atom stereocenters. The Balaban J connectivity index is 1.99. The molecule has 0 N–H and O–H groups in total. The van der Waals surface area contributed by atoms with Gasteiger partial charge in [-0.3, -0.25) is 9.59 Å². The third-order valence-electron chi connectivity index (χ3n) is 4.23. The van der Waals surface area contributed by atoms with Gasteiger partial charge in [0.25, 0.3) is 5.91 Å². The molecule has 8 heteroatoms. The monoisotopic (exact) mass is 376 g/mol. The zero-order valence-electron chi connectivity index (χ0n) is 14.1. The molecule has 0 aliphatic carbocycles. The molecule has 1 aromatic carbocycles. The second kappa shape index (κ2) is 7.23. The predicted octanol–water partition coefficient (Wildman–Crippen LogP) is 3.25. The summed E-state index contributed by atoms with van der Waals surface area (Å²) in [6, 6.07) is 4.16. The van der Waals surface area contributed by atoms with Crippen LogP contribution in [-0.4, -0.2) is 53.7 Å². The quantitative estimate of drug-likeness (QED) is 0.760. The summed E-state index contributed by atoms with van der Waals surface area (Å²) in [7, 11) is 0. The van der Waals surface area contributed by atoms with Gasteiger partial charge in [0.1, 0.15) is 0 Å². The number of halogens is 4. The molecule has 0 unspecified atom stereocenters. The summed E-state index contributed by atoms with van der Waals surface area (Å²) in [5, 5.41) is 0. The first-order chi connectivity index (χ1) is 11.6. The smallest absolute Gasteiger partial charge is 0.339 e. The van der Waals surface area contributed by atoms with Gasteiger partial charge in [0, 0.05) is 37.6 Å². The van der Waals surface area contributed by atoms with Crippen LogP contribution in [0.3, 0.4) is 0 Å². The Labute approximate surface area is 149 Å². The molecule has 0 bridgehead atoms. The molecule has 25 heavy (non-hydrogen) atoms. The van der Waals surface area contributed by atoms with Crippen LogP contribution in [0.25, 0.3) is 0 Å². The van der Waals surface area contributed by atoms with E-state index in [0.717, 1.165) is 12.1 Å². The Hall–Kier alpha value is -1.76. The summed E-state index contributed by atoms with van der Waals surface area (Å²) in [5.41, 5.74) is -1.25. The van der Waals surface area contributed by atoms with Crippen molar-refractivity contribution in [2.75, 3.05) is 32.1 Å². The first-order valence-corrected chi connectivity index (χ1v) is 8.41. The van der Waals surface area contributed by atoms with Gasteiger partial charge in [-0.1, -0.05) is 0 Å². The average molecular weight is 377 g/mol. The molecule has 2 amide bonds. The van der Waals surface area contributed by atoms with Crippen molar-refractivity contribution in [3.63, 3.8) is 0 Å². The SMILES string of the molecule is CC(C)(CCl)C(=O)N1CCN(C(=O)c2ccc(C(F)(F)F)cc2)CC1. The van der Waals surface area contributed by atoms with Crippen LogP contribution in [-0.2, 0) is 11.0 Å². The highest BCUT2D eigenvalue weighted by atomic mass is 35.5. The highest BCUT2D eigenvalue weighted by Gasteiger charge is 2.34. The molecule has 1 aromatic rings. The fourth-order valence-electron chi connectivity index (χ4n) is 2.58. The molecule has 138 valence electrons. The van der Waals surface area contributed by atoms with Crippen molar-refractivity contribution in [3.8, 4) is 0 Å². The highest BCUT2D eigenvalue weighted by molar-refractivity contribution is 6.19. The Morgan fingerprint density at radius 2 is 1.48 bits per heavy atom. The maximum atomic E-state index is 12.6. The number of carbonyl (C=O) groups is 2. The topological polar surface area (TPSA) is 40.6 Å². The van der Waals surface area contributed by atoms with E-state index in [0.29, 0.717) is 26.2 Å². The fraction of sp³-hybridized carbons (Fsp3) is 0.529. The van der Waals surface area contributed by atoms with Crippen molar-refractivity contribution in [1.82, 2.24) is 9.80 Å². The van der Waals surface area contributed by atoms with E-state index in [1.165, 1.54) is 12.1 Å². The predicted molar refractivity (Wildman–Crippen MR) is 88.4 cm³/mol. The largest absolute Gasteiger partial charge is 0.416 e. The van der Waals surface area contributed by atoms with E-state index < -0.39 is 17.2 Å². The number of hydrogen-bond acceptors (Lipinski definition) is 2. The molecule has 0 radical (unpaired) electrons. The standard InChI is InChI=1S/C17H20ClF3N2O2/c1-16(2,11-18)15(25)23-9-7-22(8-10-23)14(24)12-3-5-13(6-4-12)17(19,20)21/h3-6H,7-11H2,1-2H3. The summed E-state index contributed by atoms with van der Waals surface area (Å²) < 4.78 is 37.7. The molecule has 1 aliphatic rings. The van der Waals surface area contributed by atoms with E-state index >= 15 is 0 Å². The van der Waals surface area contributed by atoms with Gasteiger partial charge in [-0.05, 0) is 38.1 Å². The second-order valence-electron chi connectivity index (χ2n) is 6.68. The van der Waals surface area contributed by atoms with Crippen LogP contribution in [0.15, 0.2) is 24.3 Å². The van der Waals surface area contributed by atoms with Crippen LogP contribution in [0.2, 0.25) is 0 Å². The van der Waals surface area contributed by atoms with E-state index in [1.54, 1.807) is 23.6 Å². The van der Waals surface area contributed by atoms with E-state index in [9.17, 15) is 22.8 Å². The minimum atomic E-state index is -4.43. The molecule has 1 fully saturated rings. The van der Waals surface area contributed by atoms with Crippen LogP contribution in [0, 0.1) is 5.41 Å². The number of alkyl halides is 4. The van der Waals surface area contributed by atoms with E-state index in [2.05, 4.69) is 0 Å². The molecule has 1 aliphatic heterocycles. The van der Waals surface area contributed by atoms with Crippen LogP contribution in [0.1, 0.15) is 29.8 Å². The van der Waals surface area contributed by atoms with Crippen molar-refractivity contribution in [3.05, 3.63) is 35.4 Å². The summed E-state index contributed by atoms with van der Waals surface area (Å²) in [4.78, 5) is 28.0. The third kappa shape index (κ3) is 4.45. The van der Waals surface area contributed by atoms with Gasteiger partial charge in [-0.2, -0.15) is 13.2 Å². The van der Waals surface area contributed by atoms with Crippen molar-refractivity contribution in [1.29, 1.82) is 0 Å². The van der Waals surface area contributed by atoms with Gasteiger partial charge >= 0.3 is 6.18 Å². The van der Waals surface area contributed by atoms with E-state index in [1.807, 2.05) is 0 Å². The maximum absolute atomic E-state index is 12.6. The number of hydrogen-bond donors (Lipinski definition) is 0. The van der Waals surface area contributed by atoms with Crippen LogP contribution in [0.5, 0.6) is 0 Å². The normalized spacial score (nSPS) is 16.1. The van der Waals surface area contributed by atoms with Gasteiger partial charge in [0.15, 0.2) is 0 Å². The van der Waals surface area contributed by atoms with Gasteiger partial charge < -0.3 is 9.80 Å². The number of carbonyl (C=O) groups excluding carboxylic acids is 2. The van der Waals surface area contributed by atoms with Crippen LogP contribution in [0.4, 0.5) is 13.2 Å². The minimum absolute atomic E-state index is 0.0656. The summed E-state index contributed by atoms with van der Waals surface area (Å²) in [5.74, 6) is -0.196. The number of rotatable bonds is 3. The van der Waals surface area contributed by atoms with Crippen LogP contribution < -0.4 is 0 Å². The molecule has 1 heterocycles. The number of piperazine rings is 1. The Kier molecular flexibility index (Phi) is 5.66. The van der Waals surface area contributed by atoms with E-state index in [-0.39, 0.29) is 23.3 Å². The summed E-state index contributed by atoms with van der Waals surface area (Å²) in [6.07, 6.45) is -4.43. The van der Waals surface area contributed by atoms with Crippen LogP contribution >= 0.6 is 11.6 Å². The molecule has 0 saturated carbocycles. The third-order valence-corrected chi connectivity index (χ3v) is 4.89. The van der Waals surface area contributed by atoms with E-state index in [4.69, 9.17) is 11.6 Å².